The summed E-state index contributed by atoms with van der Waals surface area (Å²) in [4.78, 5) is 7.73. The van der Waals surface area contributed by atoms with Crippen LogP contribution < -0.4 is 10.1 Å². The van der Waals surface area contributed by atoms with Gasteiger partial charge in [0, 0.05) is 21.9 Å². The van der Waals surface area contributed by atoms with Gasteiger partial charge in [0.2, 0.25) is 17.3 Å². The zero-order valence-corrected chi connectivity index (χ0v) is 15.2. The van der Waals surface area contributed by atoms with E-state index in [4.69, 9.17) is 4.74 Å². The van der Waals surface area contributed by atoms with E-state index in [1.54, 1.807) is 0 Å². The van der Waals surface area contributed by atoms with Gasteiger partial charge in [-0.3, -0.25) is 0 Å². The van der Waals surface area contributed by atoms with Gasteiger partial charge in [0.15, 0.2) is 5.69 Å². The number of aromatic nitrogens is 4. The average Bonchev–Trinajstić information content (AvgIpc) is 3.06. The number of fused-ring (bicyclic) bond motifs is 3. The van der Waals surface area contributed by atoms with E-state index in [-0.39, 0.29) is 6.23 Å². The number of aromatic amines is 1. The topological polar surface area (TPSA) is 75.7 Å². The van der Waals surface area contributed by atoms with E-state index in [0.717, 1.165) is 27.2 Å². The third-order valence-electron chi connectivity index (χ3n) is 3.57. The predicted molar refractivity (Wildman–Crippen MR) is 97.1 cm³/mol. The van der Waals surface area contributed by atoms with Crippen molar-refractivity contribution in [3.05, 3.63) is 46.7 Å². The third-order valence-corrected chi connectivity index (χ3v) is 4.78. The number of rotatable bonds is 3. The number of thioether (sulfide) groups is 1. The summed E-state index contributed by atoms with van der Waals surface area (Å²) in [5, 5.41) is 12.6. The Morgan fingerprint density at radius 3 is 3.00 bits per heavy atom. The molecule has 2 N–H and O–H groups in total. The molecule has 0 fully saturated rings. The molecule has 0 radical (unpaired) electrons. The molecule has 3 heterocycles. The molecular weight excluding hydrogens is 390 g/mol. The molecule has 3 aromatic rings. The second-order valence-electron chi connectivity index (χ2n) is 5.14. The summed E-state index contributed by atoms with van der Waals surface area (Å²) in [6.07, 6.45) is 1.49. The molecule has 0 amide bonds. The van der Waals surface area contributed by atoms with Crippen LogP contribution in [0.4, 0.5) is 5.69 Å². The third kappa shape index (κ3) is 2.87. The molecule has 4 rings (SSSR count). The Morgan fingerprint density at radius 1 is 1.29 bits per heavy atom. The molecule has 1 aromatic carbocycles. The van der Waals surface area contributed by atoms with E-state index in [9.17, 15) is 0 Å². The molecule has 0 spiro atoms. The molecule has 6 nitrogen and oxygen atoms in total. The normalized spacial score (nSPS) is 15.7. The van der Waals surface area contributed by atoms with Crippen molar-refractivity contribution in [2.24, 2.45) is 0 Å². The Bertz CT molecular complexity index is 871. The number of nitrogens with one attached hydrogen (secondary N) is 2. The van der Waals surface area contributed by atoms with Crippen molar-refractivity contribution in [2.45, 2.75) is 18.3 Å². The van der Waals surface area contributed by atoms with E-state index < -0.39 is 0 Å². The van der Waals surface area contributed by atoms with Crippen LogP contribution in [0.1, 0.15) is 18.8 Å². The maximum atomic E-state index is 6.13. The number of ether oxygens (including phenoxy) is 1. The lowest BCUT2D eigenvalue weighted by molar-refractivity contribution is 0.221. The van der Waals surface area contributed by atoms with Gasteiger partial charge < -0.3 is 15.0 Å². The minimum absolute atomic E-state index is 0.377. The Hall–Kier alpha value is -2.06. The molecule has 1 aliphatic rings. The Labute approximate surface area is 151 Å². The fourth-order valence-corrected chi connectivity index (χ4v) is 3.37. The first-order valence-electron chi connectivity index (χ1n) is 7.48. The van der Waals surface area contributed by atoms with Gasteiger partial charge in [-0.1, -0.05) is 34.6 Å². The molecule has 0 saturated heterocycles. The second-order valence-corrected chi connectivity index (χ2v) is 7.29. The number of anilines is 1. The van der Waals surface area contributed by atoms with Crippen LogP contribution >= 0.6 is 27.7 Å². The van der Waals surface area contributed by atoms with Crippen LogP contribution in [0, 0.1) is 0 Å². The number of H-pyrrole nitrogens is 1. The van der Waals surface area contributed by atoms with Gasteiger partial charge in [0.25, 0.3) is 0 Å². The number of benzene rings is 1. The molecule has 8 heteroatoms. The lowest BCUT2D eigenvalue weighted by Crippen LogP contribution is -2.17. The summed E-state index contributed by atoms with van der Waals surface area (Å²) >= 11 is 5.05. The van der Waals surface area contributed by atoms with Crippen LogP contribution in [-0.4, -0.2) is 25.9 Å². The van der Waals surface area contributed by atoms with Crippen molar-refractivity contribution in [3.63, 3.8) is 0 Å². The Kier molecular flexibility index (Phi) is 4.15. The summed E-state index contributed by atoms with van der Waals surface area (Å²) in [6, 6.07) is 9.86. The SMILES string of the molecule is CCSc1nnc2c(n1)O[C@@H](c1ccc[nH]1)Nc1ccc(Br)cc1-2. The zero-order valence-electron chi connectivity index (χ0n) is 12.8. The lowest BCUT2D eigenvalue weighted by Gasteiger charge is -2.17. The van der Waals surface area contributed by atoms with Crippen LogP contribution in [0.2, 0.25) is 0 Å². The van der Waals surface area contributed by atoms with Crippen molar-refractivity contribution in [2.75, 3.05) is 11.1 Å². The fourth-order valence-electron chi connectivity index (χ4n) is 2.51. The number of halogens is 1. The fraction of sp³-hybridized carbons (Fsp3) is 0.188. The number of hydrogen-bond acceptors (Lipinski definition) is 6. The van der Waals surface area contributed by atoms with Crippen LogP contribution in [0.25, 0.3) is 11.3 Å². The molecule has 24 heavy (non-hydrogen) atoms. The van der Waals surface area contributed by atoms with Gasteiger partial charge in [-0.15, -0.1) is 10.2 Å². The van der Waals surface area contributed by atoms with Gasteiger partial charge >= 0.3 is 0 Å². The Balaban J connectivity index is 1.86. The first-order valence-corrected chi connectivity index (χ1v) is 9.26. The van der Waals surface area contributed by atoms with Crippen LogP contribution in [-0.2, 0) is 0 Å². The van der Waals surface area contributed by atoms with Gasteiger partial charge in [-0.05, 0) is 36.1 Å². The van der Waals surface area contributed by atoms with E-state index in [1.165, 1.54) is 11.8 Å². The van der Waals surface area contributed by atoms with Gasteiger partial charge in [-0.25, -0.2) is 0 Å². The number of hydrogen-bond donors (Lipinski definition) is 2. The monoisotopic (exact) mass is 403 g/mol. The van der Waals surface area contributed by atoms with Crippen LogP contribution in [0.15, 0.2) is 46.2 Å². The highest BCUT2D eigenvalue weighted by Crippen LogP contribution is 2.40. The van der Waals surface area contributed by atoms with E-state index >= 15 is 0 Å². The lowest BCUT2D eigenvalue weighted by atomic mass is 10.1. The van der Waals surface area contributed by atoms with Gasteiger partial charge in [0.1, 0.15) is 0 Å². The van der Waals surface area contributed by atoms with Crippen molar-refractivity contribution < 1.29 is 4.74 Å². The molecule has 0 aliphatic carbocycles. The standard InChI is InChI=1S/C16H14BrN5OS/c1-2-24-16-20-15-13(21-22-16)10-8-9(17)5-6-11(10)19-14(23-15)12-4-3-7-18-12/h3-8,14,18-19H,2H2,1H3/t14-/m0/s1. The molecule has 1 atom stereocenters. The van der Waals surface area contributed by atoms with E-state index in [2.05, 4.69) is 48.3 Å². The highest BCUT2D eigenvalue weighted by molar-refractivity contribution is 9.10. The van der Waals surface area contributed by atoms with E-state index in [0.29, 0.717) is 16.7 Å². The van der Waals surface area contributed by atoms with Crippen LogP contribution in [0.3, 0.4) is 0 Å². The summed E-state index contributed by atoms with van der Waals surface area (Å²) in [5.41, 5.74) is 3.37. The Morgan fingerprint density at radius 2 is 2.21 bits per heavy atom. The molecule has 2 aromatic heterocycles. The first kappa shape index (κ1) is 15.5. The summed E-state index contributed by atoms with van der Waals surface area (Å²) in [7, 11) is 0. The maximum absolute atomic E-state index is 6.13. The van der Waals surface area contributed by atoms with Crippen LogP contribution in [0.5, 0.6) is 5.88 Å². The molecule has 122 valence electrons. The van der Waals surface area contributed by atoms with E-state index in [1.807, 2.05) is 36.5 Å². The van der Waals surface area contributed by atoms with Crippen molar-refractivity contribution in [3.8, 4) is 17.1 Å². The average molecular weight is 404 g/mol. The largest absolute Gasteiger partial charge is 0.446 e. The number of nitrogens with zero attached hydrogens (tertiary/aromatic N) is 3. The molecule has 0 bridgehead atoms. The maximum Gasteiger partial charge on any atom is 0.247 e. The highest BCUT2D eigenvalue weighted by Gasteiger charge is 2.26. The van der Waals surface area contributed by atoms with Crippen molar-refractivity contribution in [1.29, 1.82) is 0 Å². The minimum atomic E-state index is -0.377. The molecule has 0 saturated carbocycles. The summed E-state index contributed by atoms with van der Waals surface area (Å²) in [5.74, 6) is 1.35. The molecule has 1 aliphatic heterocycles. The highest BCUT2D eigenvalue weighted by atomic mass is 79.9. The molecule has 0 unspecified atom stereocenters. The summed E-state index contributed by atoms with van der Waals surface area (Å²) < 4.78 is 7.09. The first-order chi connectivity index (χ1) is 11.7. The van der Waals surface area contributed by atoms with Crippen molar-refractivity contribution in [1.82, 2.24) is 20.2 Å². The quantitative estimate of drug-likeness (QED) is 0.636. The smallest absolute Gasteiger partial charge is 0.247 e. The predicted octanol–water partition coefficient (Wildman–Crippen LogP) is 4.24. The second kappa shape index (κ2) is 6.45. The molecular formula is C16H14BrN5OS. The van der Waals surface area contributed by atoms with Crippen molar-refractivity contribution >= 4 is 33.4 Å². The van der Waals surface area contributed by atoms with Gasteiger partial charge in [-0.2, -0.15) is 4.98 Å². The van der Waals surface area contributed by atoms with Gasteiger partial charge in [0.05, 0.1) is 5.69 Å². The minimum Gasteiger partial charge on any atom is -0.446 e. The zero-order chi connectivity index (χ0) is 16.5. The summed E-state index contributed by atoms with van der Waals surface area (Å²) in [6.45, 7) is 2.05.